The van der Waals surface area contributed by atoms with Crippen LogP contribution in [0.25, 0.3) is 0 Å². The maximum Gasteiger partial charge on any atom is 0.0842 e. The van der Waals surface area contributed by atoms with Gasteiger partial charge in [-0.25, -0.2) is 0 Å². The summed E-state index contributed by atoms with van der Waals surface area (Å²) < 4.78 is 7.05. The van der Waals surface area contributed by atoms with Crippen molar-refractivity contribution in [3.05, 3.63) is 69.7 Å². The van der Waals surface area contributed by atoms with Crippen molar-refractivity contribution < 1.29 is 4.74 Å². The summed E-state index contributed by atoms with van der Waals surface area (Å²) in [5, 5.41) is 0. The fraction of sp³-hybridized carbons (Fsp3) is 0.333. The highest BCUT2D eigenvalue weighted by atomic mass is 79.9. The largest absolute Gasteiger partial charge is 0.373 e. The van der Waals surface area contributed by atoms with E-state index in [1.54, 1.807) is 0 Å². The summed E-state index contributed by atoms with van der Waals surface area (Å²) in [6, 6.07) is 17.0. The van der Waals surface area contributed by atoms with Crippen LogP contribution in [0.3, 0.4) is 0 Å². The van der Waals surface area contributed by atoms with Gasteiger partial charge in [0, 0.05) is 10.5 Å². The highest BCUT2D eigenvalue weighted by Crippen LogP contribution is 2.30. The molecule has 0 spiro atoms. The standard InChI is InChI=1S/C18H20BrNO/c19-15-6-3-4-13(10-15)11-16(20)12-18-17-7-2-1-5-14(17)8-9-21-18/h1-7,10,16,18H,8-9,11-12,20H2. The van der Waals surface area contributed by atoms with Crippen molar-refractivity contribution >= 4 is 15.9 Å². The summed E-state index contributed by atoms with van der Waals surface area (Å²) in [5.41, 5.74) is 10.3. The molecule has 0 aliphatic carbocycles. The van der Waals surface area contributed by atoms with Crippen LogP contribution in [0, 0.1) is 0 Å². The number of ether oxygens (including phenoxy) is 1. The molecule has 1 heterocycles. The van der Waals surface area contributed by atoms with Crippen LogP contribution >= 0.6 is 15.9 Å². The zero-order valence-corrected chi connectivity index (χ0v) is 13.6. The van der Waals surface area contributed by atoms with Crippen LogP contribution in [-0.4, -0.2) is 12.6 Å². The predicted molar refractivity (Wildman–Crippen MR) is 89.3 cm³/mol. The van der Waals surface area contributed by atoms with Gasteiger partial charge in [0.1, 0.15) is 0 Å². The molecule has 2 unspecified atom stereocenters. The van der Waals surface area contributed by atoms with Gasteiger partial charge in [0.25, 0.3) is 0 Å². The second-order valence-electron chi connectivity index (χ2n) is 5.64. The van der Waals surface area contributed by atoms with E-state index in [1.165, 1.54) is 16.7 Å². The van der Waals surface area contributed by atoms with Crippen LogP contribution in [0.15, 0.2) is 53.0 Å². The highest BCUT2D eigenvalue weighted by Gasteiger charge is 2.22. The molecule has 0 amide bonds. The first-order chi connectivity index (χ1) is 10.2. The number of nitrogens with two attached hydrogens (primary N) is 1. The van der Waals surface area contributed by atoms with Gasteiger partial charge < -0.3 is 10.5 Å². The Hall–Kier alpha value is -1.16. The highest BCUT2D eigenvalue weighted by molar-refractivity contribution is 9.10. The third-order valence-electron chi connectivity index (χ3n) is 4.00. The number of rotatable bonds is 4. The van der Waals surface area contributed by atoms with Gasteiger partial charge in [0.05, 0.1) is 12.7 Å². The van der Waals surface area contributed by atoms with Crippen LogP contribution in [0.4, 0.5) is 0 Å². The molecule has 2 aromatic rings. The third-order valence-corrected chi connectivity index (χ3v) is 4.49. The molecule has 3 heteroatoms. The van der Waals surface area contributed by atoms with Gasteiger partial charge >= 0.3 is 0 Å². The lowest BCUT2D eigenvalue weighted by Gasteiger charge is -2.28. The molecule has 110 valence electrons. The lowest BCUT2D eigenvalue weighted by molar-refractivity contribution is 0.0321. The lowest BCUT2D eigenvalue weighted by atomic mass is 9.92. The Balaban J connectivity index is 1.67. The van der Waals surface area contributed by atoms with Gasteiger partial charge in [-0.15, -0.1) is 0 Å². The number of hydrogen-bond donors (Lipinski definition) is 1. The molecular weight excluding hydrogens is 326 g/mol. The lowest BCUT2D eigenvalue weighted by Crippen LogP contribution is -2.28. The van der Waals surface area contributed by atoms with E-state index >= 15 is 0 Å². The summed E-state index contributed by atoms with van der Waals surface area (Å²) in [5.74, 6) is 0. The van der Waals surface area contributed by atoms with Crippen molar-refractivity contribution in [3.8, 4) is 0 Å². The molecule has 2 N–H and O–H groups in total. The molecule has 1 aliphatic heterocycles. The van der Waals surface area contributed by atoms with Gasteiger partial charge in [0.15, 0.2) is 0 Å². The average Bonchev–Trinajstić information content (AvgIpc) is 2.47. The summed E-state index contributed by atoms with van der Waals surface area (Å²) in [7, 11) is 0. The van der Waals surface area contributed by atoms with Crippen LogP contribution in [0.2, 0.25) is 0 Å². The van der Waals surface area contributed by atoms with E-state index in [2.05, 4.69) is 58.4 Å². The molecule has 21 heavy (non-hydrogen) atoms. The fourth-order valence-electron chi connectivity index (χ4n) is 3.00. The van der Waals surface area contributed by atoms with Crippen molar-refractivity contribution in [1.29, 1.82) is 0 Å². The smallest absolute Gasteiger partial charge is 0.0842 e. The normalized spacial score (nSPS) is 19.0. The van der Waals surface area contributed by atoms with Crippen LogP contribution in [0.5, 0.6) is 0 Å². The zero-order chi connectivity index (χ0) is 14.7. The fourth-order valence-corrected chi connectivity index (χ4v) is 3.44. The third kappa shape index (κ3) is 3.73. The van der Waals surface area contributed by atoms with E-state index in [4.69, 9.17) is 10.5 Å². The Bertz CT molecular complexity index is 614. The Morgan fingerprint density at radius 3 is 2.90 bits per heavy atom. The summed E-state index contributed by atoms with van der Waals surface area (Å²) in [6.45, 7) is 0.797. The van der Waals surface area contributed by atoms with Gasteiger partial charge in [0.2, 0.25) is 0 Å². The minimum absolute atomic E-state index is 0.107. The van der Waals surface area contributed by atoms with Crippen molar-refractivity contribution in [1.82, 2.24) is 0 Å². The second-order valence-corrected chi connectivity index (χ2v) is 6.55. The van der Waals surface area contributed by atoms with Crippen LogP contribution in [-0.2, 0) is 17.6 Å². The maximum absolute atomic E-state index is 6.35. The van der Waals surface area contributed by atoms with E-state index in [-0.39, 0.29) is 12.1 Å². The molecule has 0 fully saturated rings. The van der Waals surface area contributed by atoms with E-state index in [0.29, 0.717) is 0 Å². The maximum atomic E-state index is 6.35. The van der Waals surface area contributed by atoms with Gasteiger partial charge in [-0.1, -0.05) is 52.3 Å². The topological polar surface area (TPSA) is 35.2 Å². The minimum atomic E-state index is 0.107. The number of benzene rings is 2. The van der Waals surface area contributed by atoms with Crippen molar-refractivity contribution in [2.75, 3.05) is 6.61 Å². The molecule has 2 aromatic carbocycles. The molecule has 0 saturated heterocycles. The number of hydrogen-bond acceptors (Lipinski definition) is 2. The molecule has 2 nitrogen and oxygen atoms in total. The monoisotopic (exact) mass is 345 g/mol. The van der Waals surface area contributed by atoms with E-state index in [9.17, 15) is 0 Å². The number of fused-ring (bicyclic) bond motifs is 1. The van der Waals surface area contributed by atoms with Gasteiger partial charge in [-0.3, -0.25) is 0 Å². The van der Waals surface area contributed by atoms with E-state index in [0.717, 1.165) is 30.3 Å². The quantitative estimate of drug-likeness (QED) is 0.907. The molecule has 3 rings (SSSR count). The van der Waals surface area contributed by atoms with Gasteiger partial charge in [-0.2, -0.15) is 0 Å². The van der Waals surface area contributed by atoms with E-state index in [1.807, 2.05) is 6.07 Å². The number of halogens is 1. The molecule has 0 bridgehead atoms. The van der Waals surface area contributed by atoms with Crippen LogP contribution < -0.4 is 5.73 Å². The van der Waals surface area contributed by atoms with Crippen molar-refractivity contribution in [2.45, 2.75) is 31.4 Å². The zero-order valence-electron chi connectivity index (χ0n) is 12.0. The first kappa shape index (κ1) is 14.8. The van der Waals surface area contributed by atoms with Crippen molar-refractivity contribution in [3.63, 3.8) is 0 Å². The molecule has 2 atom stereocenters. The molecule has 1 aliphatic rings. The predicted octanol–water partition coefficient (Wildman–Crippen LogP) is 4.02. The summed E-state index contributed by atoms with van der Waals surface area (Å²) in [6.07, 6.45) is 2.88. The summed E-state index contributed by atoms with van der Waals surface area (Å²) in [4.78, 5) is 0. The molecule has 0 aromatic heterocycles. The second kappa shape index (κ2) is 6.73. The minimum Gasteiger partial charge on any atom is -0.373 e. The first-order valence-corrected chi connectivity index (χ1v) is 8.21. The Morgan fingerprint density at radius 2 is 2.05 bits per heavy atom. The average molecular weight is 346 g/mol. The van der Waals surface area contributed by atoms with Crippen LogP contribution in [0.1, 0.15) is 29.2 Å². The summed E-state index contributed by atoms with van der Waals surface area (Å²) >= 11 is 3.51. The molecule has 0 radical (unpaired) electrons. The Labute approximate surface area is 134 Å². The first-order valence-electron chi connectivity index (χ1n) is 7.42. The Morgan fingerprint density at radius 1 is 1.19 bits per heavy atom. The van der Waals surface area contributed by atoms with Crippen molar-refractivity contribution in [2.24, 2.45) is 5.73 Å². The molecular formula is C18H20BrNO. The Kier molecular flexibility index (Phi) is 4.73. The SMILES string of the molecule is NC(Cc1cccc(Br)c1)CC1OCCc2ccccc21. The van der Waals surface area contributed by atoms with Gasteiger partial charge in [-0.05, 0) is 48.1 Å². The van der Waals surface area contributed by atoms with E-state index < -0.39 is 0 Å². The molecule has 0 saturated carbocycles.